The zero-order valence-corrected chi connectivity index (χ0v) is 11.6. The largest absolute Gasteiger partial charge is 0.418 e. The van der Waals surface area contributed by atoms with Crippen molar-refractivity contribution in [3.63, 3.8) is 0 Å². The third kappa shape index (κ3) is 5.25. The van der Waals surface area contributed by atoms with Crippen molar-refractivity contribution in [2.75, 3.05) is 5.75 Å². The SMILES string of the molecule is CC(C)(C)SCC(=O)Oc1cc(F)ccc1[N+](=O)[O-]. The lowest BCUT2D eigenvalue weighted by Crippen LogP contribution is -2.17. The number of nitrogens with zero attached hydrogens (tertiary/aromatic N) is 1. The molecule has 19 heavy (non-hydrogen) atoms. The Morgan fingerprint density at radius 3 is 2.63 bits per heavy atom. The predicted octanol–water partition coefficient (Wildman–Crippen LogP) is 3.17. The monoisotopic (exact) mass is 287 g/mol. The van der Waals surface area contributed by atoms with E-state index in [0.29, 0.717) is 0 Å². The van der Waals surface area contributed by atoms with Gasteiger partial charge < -0.3 is 4.74 Å². The molecule has 0 atom stereocenters. The van der Waals surface area contributed by atoms with Gasteiger partial charge in [-0.1, -0.05) is 20.8 Å². The molecule has 5 nitrogen and oxygen atoms in total. The van der Waals surface area contributed by atoms with Crippen LogP contribution < -0.4 is 4.74 Å². The van der Waals surface area contributed by atoms with Crippen molar-refractivity contribution in [1.82, 2.24) is 0 Å². The molecule has 0 aliphatic rings. The van der Waals surface area contributed by atoms with Gasteiger partial charge in [0, 0.05) is 16.9 Å². The summed E-state index contributed by atoms with van der Waals surface area (Å²) in [6.07, 6.45) is 0. The fraction of sp³-hybridized carbons (Fsp3) is 0.417. The second-order valence-corrected chi connectivity index (χ2v) is 6.55. The zero-order valence-electron chi connectivity index (χ0n) is 10.8. The van der Waals surface area contributed by atoms with E-state index in [-0.39, 0.29) is 16.2 Å². The van der Waals surface area contributed by atoms with Gasteiger partial charge in [-0.15, -0.1) is 11.8 Å². The van der Waals surface area contributed by atoms with Crippen molar-refractivity contribution in [2.24, 2.45) is 0 Å². The average Bonchev–Trinajstić information content (AvgIpc) is 2.25. The van der Waals surface area contributed by atoms with Gasteiger partial charge in [0.25, 0.3) is 0 Å². The molecule has 0 spiro atoms. The average molecular weight is 287 g/mol. The van der Waals surface area contributed by atoms with Crippen LogP contribution in [-0.4, -0.2) is 21.4 Å². The molecule has 0 saturated heterocycles. The first-order chi connectivity index (χ1) is 8.69. The van der Waals surface area contributed by atoms with E-state index in [9.17, 15) is 19.3 Å². The van der Waals surface area contributed by atoms with Crippen LogP contribution in [0.15, 0.2) is 18.2 Å². The fourth-order valence-electron chi connectivity index (χ4n) is 1.15. The number of carbonyl (C=O) groups is 1. The first kappa shape index (κ1) is 15.4. The van der Waals surface area contributed by atoms with E-state index in [4.69, 9.17) is 4.74 Å². The minimum absolute atomic E-state index is 0.0389. The van der Waals surface area contributed by atoms with Crippen molar-refractivity contribution in [1.29, 1.82) is 0 Å². The Morgan fingerprint density at radius 2 is 2.11 bits per heavy atom. The van der Waals surface area contributed by atoms with Gasteiger partial charge in [-0.2, -0.15) is 0 Å². The molecule has 0 aromatic heterocycles. The quantitative estimate of drug-likeness (QED) is 0.368. The zero-order chi connectivity index (χ0) is 14.6. The number of thioether (sulfide) groups is 1. The normalized spacial score (nSPS) is 11.2. The lowest BCUT2D eigenvalue weighted by molar-refractivity contribution is -0.385. The van der Waals surface area contributed by atoms with E-state index < -0.39 is 22.4 Å². The van der Waals surface area contributed by atoms with Gasteiger partial charge in [0.1, 0.15) is 5.82 Å². The van der Waals surface area contributed by atoms with Crippen LogP contribution in [-0.2, 0) is 4.79 Å². The van der Waals surface area contributed by atoms with Crippen LogP contribution in [0.4, 0.5) is 10.1 Å². The fourth-order valence-corrected chi connectivity index (χ4v) is 1.76. The molecule has 1 aromatic carbocycles. The summed E-state index contributed by atoms with van der Waals surface area (Å²) in [7, 11) is 0. The van der Waals surface area contributed by atoms with Gasteiger partial charge >= 0.3 is 11.7 Å². The van der Waals surface area contributed by atoms with Gasteiger partial charge in [-0.05, 0) is 6.07 Å². The van der Waals surface area contributed by atoms with Gasteiger partial charge in [-0.3, -0.25) is 14.9 Å². The molecule has 0 heterocycles. The Morgan fingerprint density at radius 1 is 1.47 bits per heavy atom. The minimum Gasteiger partial charge on any atom is -0.418 e. The second kappa shape index (κ2) is 6.01. The Bertz CT molecular complexity index is 499. The number of ether oxygens (including phenoxy) is 1. The summed E-state index contributed by atoms with van der Waals surface area (Å²) in [4.78, 5) is 21.6. The number of carbonyl (C=O) groups excluding carboxylic acids is 1. The number of nitro groups is 1. The molecular weight excluding hydrogens is 273 g/mol. The lowest BCUT2D eigenvalue weighted by atomic mass is 10.3. The standard InChI is InChI=1S/C12H14FNO4S/c1-12(2,3)19-7-11(15)18-10-6-8(13)4-5-9(10)14(16)17/h4-6H,7H2,1-3H3. The van der Waals surface area contributed by atoms with E-state index in [1.54, 1.807) is 0 Å². The molecule has 0 N–H and O–H groups in total. The Hall–Kier alpha value is -1.63. The van der Waals surface area contributed by atoms with E-state index in [1.807, 2.05) is 20.8 Å². The van der Waals surface area contributed by atoms with E-state index in [0.717, 1.165) is 18.2 Å². The van der Waals surface area contributed by atoms with Crippen LogP contribution in [0, 0.1) is 15.9 Å². The second-order valence-electron chi connectivity index (χ2n) is 4.74. The summed E-state index contributed by atoms with van der Waals surface area (Å²) in [6.45, 7) is 5.78. The van der Waals surface area contributed by atoms with Crippen molar-refractivity contribution in [3.8, 4) is 5.75 Å². The van der Waals surface area contributed by atoms with Crippen LogP contribution in [0.5, 0.6) is 5.75 Å². The van der Waals surface area contributed by atoms with Crippen molar-refractivity contribution in [2.45, 2.75) is 25.5 Å². The van der Waals surface area contributed by atoms with Gasteiger partial charge in [-0.25, -0.2) is 4.39 Å². The number of esters is 1. The Labute approximate surface area is 114 Å². The highest BCUT2D eigenvalue weighted by molar-refractivity contribution is 8.01. The molecule has 0 fully saturated rings. The predicted molar refractivity (Wildman–Crippen MR) is 70.9 cm³/mol. The lowest BCUT2D eigenvalue weighted by Gasteiger charge is -2.16. The molecule has 0 bridgehead atoms. The van der Waals surface area contributed by atoms with Gasteiger partial charge in [0.15, 0.2) is 0 Å². The molecule has 0 radical (unpaired) electrons. The topological polar surface area (TPSA) is 69.4 Å². The molecule has 104 valence electrons. The van der Waals surface area contributed by atoms with Gasteiger partial charge in [0.05, 0.1) is 10.7 Å². The third-order valence-corrected chi connectivity index (χ3v) is 3.21. The summed E-state index contributed by atoms with van der Waals surface area (Å²) >= 11 is 1.34. The Kier molecular flexibility index (Phi) is 4.88. The maximum Gasteiger partial charge on any atom is 0.321 e. The molecule has 0 amide bonds. The number of rotatable bonds is 4. The number of nitro benzene ring substituents is 1. The third-order valence-electron chi connectivity index (χ3n) is 1.97. The molecule has 7 heteroatoms. The van der Waals surface area contributed by atoms with Gasteiger partial charge in [0.2, 0.25) is 5.75 Å². The molecule has 1 aromatic rings. The summed E-state index contributed by atoms with van der Waals surface area (Å²) in [5, 5.41) is 10.7. The van der Waals surface area contributed by atoms with E-state index >= 15 is 0 Å². The number of halogens is 1. The maximum absolute atomic E-state index is 13.0. The molecule has 1 rings (SSSR count). The van der Waals surface area contributed by atoms with Crippen molar-refractivity contribution >= 4 is 23.4 Å². The van der Waals surface area contributed by atoms with E-state index in [1.165, 1.54) is 11.8 Å². The summed E-state index contributed by atoms with van der Waals surface area (Å²) in [5.74, 6) is -1.67. The van der Waals surface area contributed by atoms with Crippen LogP contribution in [0.3, 0.4) is 0 Å². The van der Waals surface area contributed by atoms with Crippen LogP contribution >= 0.6 is 11.8 Å². The smallest absolute Gasteiger partial charge is 0.321 e. The first-order valence-corrected chi connectivity index (χ1v) is 6.46. The summed E-state index contributed by atoms with van der Waals surface area (Å²) in [5.41, 5.74) is -0.435. The highest BCUT2D eigenvalue weighted by atomic mass is 32.2. The highest BCUT2D eigenvalue weighted by Crippen LogP contribution is 2.29. The maximum atomic E-state index is 13.0. The number of hydrogen-bond donors (Lipinski definition) is 0. The molecular formula is C12H14FNO4S. The number of benzene rings is 1. The first-order valence-electron chi connectivity index (χ1n) is 5.47. The number of hydrogen-bond acceptors (Lipinski definition) is 5. The molecule has 0 unspecified atom stereocenters. The molecule has 0 saturated carbocycles. The van der Waals surface area contributed by atoms with Crippen molar-refractivity contribution in [3.05, 3.63) is 34.1 Å². The van der Waals surface area contributed by atoms with E-state index in [2.05, 4.69) is 0 Å². The van der Waals surface area contributed by atoms with Crippen LogP contribution in [0.25, 0.3) is 0 Å². The highest BCUT2D eigenvalue weighted by Gasteiger charge is 2.20. The van der Waals surface area contributed by atoms with Crippen molar-refractivity contribution < 1.29 is 18.8 Å². The molecule has 0 aliphatic carbocycles. The van der Waals surface area contributed by atoms with Crippen LogP contribution in [0.1, 0.15) is 20.8 Å². The minimum atomic E-state index is -0.723. The summed E-state index contributed by atoms with van der Waals surface area (Å²) in [6, 6.07) is 2.74. The Balaban J connectivity index is 2.78. The van der Waals surface area contributed by atoms with Crippen LogP contribution in [0.2, 0.25) is 0 Å². The molecule has 0 aliphatic heterocycles. The summed E-state index contributed by atoms with van der Waals surface area (Å²) < 4.78 is 17.7.